The van der Waals surface area contributed by atoms with Crippen molar-refractivity contribution in [2.24, 2.45) is 0 Å². The number of nitrogens with zero attached hydrogens (tertiary/aromatic N) is 2. The van der Waals surface area contributed by atoms with E-state index < -0.39 is 18.0 Å². The molecule has 1 aromatic carbocycles. The molecule has 150 valence electrons. The number of aromatic nitrogens is 1. The van der Waals surface area contributed by atoms with E-state index in [1.165, 1.54) is 13.1 Å². The van der Waals surface area contributed by atoms with Gasteiger partial charge in [-0.1, -0.05) is 11.6 Å². The van der Waals surface area contributed by atoms with Crippen LogP contribution >= 0.6 is 11.6 Å². The maximum absolute atomic E-state index is 12.5. The molecule has 0 aliphatic carbocycles. The van der Waals surface area contributed by atoms with E-state index in [0.717, 1.165) is 25.1 Å². The molecule has 1 fully saturated rings. The Balaban J connectivity index is 1.45. The van der Waals surface area contributed by atoms with Gasteiger partial charge in [-0.05, 0) is 50.1 Å². The van der Waals surface area contributed by atoms with Gasteiger partial charge in [0.2, 0.25) is 5.91 Å². The van der Waals surface area contributed by atoms with Crippen LogP contribution < -0.4 is 15.5 Å². The highest BCUT2D eigenvalue weighted by Crippen LogP contribution is 2.37. The van der Waals surface area contributed by atoms with Gasteiger partial charge in [-0.2, -0.15) is 0 Å². The Kier molecular flexibility index (Phi) is 5.10. The number of pyridine rings is 1. The highest BCUT2D eigenvalue weighted by molar-refractivity contribution is 6.32. The number of hydrogen-bond donors (Lipinski definition) is 2. The van der Waals surface area contributed by atoms with Gasteiger partial charge in [-0.25, -0.2) is 9.78 Å². The number of anilines is 3. The van der Waals surface area contributed by atoms with Gasteiger partial charge in [0.05, 0.1) is 22.6 Å². The van der Waals surface area contributed by atoms with Crippen molar-refractivity contribution in [3.8, 4) is 0 Å². The van der Waals surface area contributed by atoms with Crippen molar-refractivity contribution in [1.82, 2.24) is 4.98 Å². The van der Waals surface area contributed by atoms with Crippen LogP contribution in [0.5, 0.6) is 0 Å². The molecule has 2 aliphatic rings. The van der Waals surface area contributed by atoms with Crippen LogP contribution in [0.15, 0.2) is 36.5 Å². The molecule has 0 radical (unpaired) electrons. The van der Waals surface area contributed by atoms with Crippen LogP contribution in [0.2, 0.25) is 5.15 Å². The minimum absolute atomic E-state index is 0.0680. The Bertz CT molecular complexity index is 996. The van der Waals surface area contributed by atoms with E-state index in [9.17, 15) is 14.4 Å². The highest BCUT2D eigenvalue weighted by atomic mass is 35.5. The summed E-state index contributed by atoms with van der Waals surface area (Å²) in [6, 6.07) is 8.08. The average Bonchev–Trinajstić information content (AvgIpc) is 3.20. The molecule has 0 spiro atoms. The molecule has 2 N–H and O–H groups in total. The summed E-state index contributed by atoms with van der Waals surface area (Å²) in [7, 11) is 0. The quantitative estimate of drug-likeness (QED) is 0.589. The molecule has 9 heteroatoms. The summed E-state index contributed by atoms with van der Waals surface area (Å²) in [4.78, 5) is 43.0. The van der Waals surface area contributed by atoms with Crippen LogP contribution in [0, 0.1) is 0 Å². The van der Waals surface area contributed by atoms with Gasteiger partial charge in [0.1, 0.15) is 6.04 Å². The van der Waals surface area contributed by atoms with Crippen LogP contribution in [0.25, 0.3) is 0 Å². The third-order valence-electron chi connectivity index (χ3n) is 5.03. The number of esters is 1. The van der Waals surface area contributed by atoms with Crippen molar-refractivity contribution in [3.05, 3.63) is 47.2 Å². The third-order valence-corrected chi connectivity index (χ3v) is 5.33. The molecule has 0 saturated carbocycles. The van der Waals surface area contributed by atoms with Crippen molar-refractivity contribution in [1.29, 1.82) is 0 Å². The van der Waals surface area contributed by atoms with E-state index in [0.29, 0.717) is 11.4 Å². The van der Waals surface area contributed by atoms with Gasteiger partial charge in [-0.3, -0.25) is 9.59 Å². The van der Waals surface area contributed by atoms with Gasteiger partial charge >= 0.3 is 5.97 Å². The van der Waals surface area contributed by atoms with Crippen LogP contribution in [-0.4, -0.2) is 41.5 Å². The van der Waals surface area contributed by atoms with Crippen LogP contribution in [0.4, 0.5) is 17.1 Å². The fourth-order valence-electron chi connectivity index (χ4n) is 3.55. The van der Waals surface area contributed by atoms with Crippen molar-refractivity contribution >= 4 is 46.4 Å². The Hall–Kier alpha value is -3.13. The Morgan fingerprint density at radius 2 is 2.21 bits per heavy atom. The largest absolute Gasteiger partial charge is 0.449 e. The van der Waals surface area contributed by atoms with Crippen molar-refractivity contribution in [3.63, 3.8) is 0 Å². The van der Waals surface area contributed by atoms with E-state index in [-0.39, 0.29) is 22.7 Å². The molecule has 1 saturated heterocycles. The van der Waals surface area contributed by atoms with Crippen molar-refractivity contribution in [2.45, 2.75) is 31.9 Å². The van der Waals surface area contributed by atoms with Crippen molar-refractivity contribution < 1.29 is 19.1 Å². The summed E-state index contributed by atoms with van der Waals surface area (Å²) < 4.78 is 5.27. The van der Waals surface area contributed by atoms with Crippen LogP contribution in [0.1, 0.15) is 30.1 Å². The molecule has 0 unspecified atom stereocenters. The molecule has 2 amide bonds. The number of carbonyl (C=O) groups excluding carboxylic acids is 3. The van der Waals surface area contributed by atoms with Gasteiger partial charge in [0, 0.05) is 12.7 Å². The van der Waals surface area contributed by atoms with E-state index in [2.05, 4.69) is 20.5 Å². The lowest BCUT2D eigenvalue weighted by Crippen LogP contribution is -2.43. The first-order valence-corrected chi connectivity index (χ1v) is 9.66. The zero-order chi connectivity index (χ0) is 20.5. The van der Waals surface area contributed by atoms with E-state index in [1.807, 2.05) is 0 Å². The number of fused-ring (bicyclic) bond motifs is 3. The summed E-state index contributed by atoms with van der Waals surface area (Å²) in [5, 5.41) is 5.57. The molecule has 29 heavy (non-hydrogen) atoms. The highest BCUT2D eigenvalue weighted by Gasteiger charge is 2.36. The Morgan fingerprint density at radius 3 is 3.00 bits per heavy atom. The first-order chi connectivity index (χ1) is 13.9. The first kappa shape index (κ1) is 19.2. The standard InChI is InChI=1S/C20H19ClN4O4/c1-11(18(26)23-13-4-2-8-22-17(13)21)29-20(28)12-6-7-15-14(10-12)24-19(27)16-5-3-9-25(15)16/h2,4,6-8,10-11,16H,3,5,9H2,1H3,(H,23,26)(H,24,27)/t11-,16+/m0/s1. The molecule has 2 aliphatic heterocycles. The summed E-state index contributed by atoms with van der Waals surface area (Å²) in [6.07, 6.45) is 2.23. The number of benzene rings is 1. The van der Waals surface area contributed by atoms with E-state index >= 15 is 0 Å². The molecule has 1 aromatic heterocycles. The molecule has 2 atom stereocenters. The monoisotopic (exact) mass is 414 g/mol. The number of nitrogens with one attached hydrogen (secondary N) is 2. The fraction of sp³-hybridized carbons (Fsp3) is 0.300. The fourth-order valence-corrected chi connectivity index (χ4v) is 3.72. The van der Waals surface area contributed by atoms with Gasteiger partial charge in [0.25, 0.3) is 5.91 Å². The van der Waals surface area contributed by atoms with Crippen LogP contribution in [0.3, 0.4) is 0 Å². The summed E-state index contributed by atoms with van der Waals surface area (Å²) in [5.74, 6) is -1.26. The molecular formula is C20H19ClN4O4. The van der Waals surface area contributed by atoms with Crippen LogP contribution in [-0.2, 0) is 14.3 Å². The predicted molar refractivity (Wildman–Crippen MR) is 108 cm³/mol. The Labute approximate surface area is 172 Å². The molecule has 2 aromatic rings. The van der Waals surface area contributed by atoms with Gasteiger partial charge in [0.15, 0.2) is 11.3 Å². The number of amides is 2. The minimum atomic E-state index is -1.05. The predicted octanol–water partition coefficient (Wildman–Crippen LogP) is 2.84. The SMILES string of the molecule is C[C@H](OC(=O)c1ccc2c(c1)NC(=O)[C@H]1CCCN21)C(=O)Nc1cccnc1Cl. The number of halogens is 1. The summed E-state index contributed by atoms with van der Waals surface area (Å²) in [5.41, 5.74) is 2.04. The number of ether oxygens (including phenoxy) is 1. The molecule has 0 bridgehead atoms. The Morgan fingerprint density at radius 1 is 1.38 bits per heavy atom. The lowest BCUT2D eigenvalue weighted by molar-refractivity contribution is -0.123. The van der Waals surface area contributed by atoms with E-state index in [1.54, 1.807) is 30.3 Å². The lowest BCUT2D eigenvalue weighted by Gasteiger charge is -2.33. The van der Waals surface area contributed by atoms with Gasteiger partial charge < -0.3 is 20.3 Å². The molecule has 4 rings (SSSR count). The second kappa shape index (κ2) is 7.71. The van der Waals surface area contributed by atoms with Gasteiger partial charge in [-0.15, -0.1) is 0 Å². The first-order valence-electron chi connectivity index (χ1n) is 9.28. The molecule has 3 heterocycles. The topological polar surface area (TPSA) is 101 Å². The third kappa shape index (κ3) is 3.75. The summed E-state index contributed by atoms with van der Waals surface area (Å²) in [6.45, 7) is 2.27. The summed E-state index contributed by atoms with van der Waals surface area (Å²) >= 11 is 5.92. The maximum atomic E-state index is 12.5. The zero-order valence-corrected chi connectivity index (χ0v) is 16.4. The number of rotatable bonds is 4. The lowest BCUT2D eigenvalue weighted by atomic mass is 10.1. The second-order valence-corrected chi connectivity index (χ2v) is 7.31. The second-order valence-electron chi connectivity index (χ2n) is 6.95. The number of carbonyl (C=O) groups is 3. The average molecular weight is 415 g/mol. The zero-order valence-electron chi connectivity index (χ0n) is 15.6. The maximum Gasteiger partial charge on any atom is 0.338 e. The van der Waals surface area contributed by atoms with E-state index in [4.69, 9.17) is 16.3 Å². The normalized spacial score (nSPS) is 18.3. The molecular weight excluding hydrogens is 396 g/mol. The smallest absolute Gasteiger partial charge is 0.338 e. The molecule has 8 nitrogen and oxygen atoms in total. The van der Waals surface area contributed by atoms with Crippen molar-refractivity contribution in [2.75, 3.05) is 22.1 Å². The number of hydrogen-bond acceptors (Lipinski definition) is 6. The minimum Gasteiger partial charge on any atom is -0.449 e.